The highest BCUT2D eigenvalue weighted by molar-refractivity contribution is 6.59. The third-order valence-electron chi connectivity index (χ3n) is 1.68. The van der Waals surface area contributed by atoms with Gasteiger partial charge in [0.2, 0.25) is 0 Å². The summed E-state index contributed by atoms with van der Waals surface area (Å²) in [6.07, 6.45) is 0.270. The third-order valence-corrected chi connectivity index (χ3v) is 3.85. The molecule has 0 aliphatic carbocycles. The van der Waals surface area contributed by atoms with Gasteiger partial charge in [-0.15, -0.1) is 0 Å². The van der Waals surface area contributed by atoms with Crippen molar-refractivity contribution in [3.63, 3.8) is 0 Å². The molecule has 1 rings (SSSR count). The smallest absolute Gasteiger partial charge is 0.377 e. The molecule has 1 aliphatic heterocycles. The average molecular weight is 178 g/mol. The lowest BCUT2D eigenvalue weighted by atomic mass is 10.5. The van der Waals surface area contributed by atoms with Crippen LogP contribution in [0.1, 0.15) is 0 Å². The zero-order valence-corrected chi connectivity index (χ0v) is 8.12. The summed E-state index contributed by atoms with van der Waals surface area (Å²) in [7, 11) is 0.901. The van der Waals surface area contributed by atoms with Crippen molar-refractivity contribution in [3.8, 4) is 0 Å². The minimum absolute atomic E-state index is 0.270. The summed E-state index contributed by atoms with van der Waals surface area (Å²) >= 11 is 0. The van der Waals surface area contributed by atoms with E-state index in [0.29, 0.717) is 6.61 Å². The molecule has 0 radical (unpaired) electrons. The van der Waals surface area contributed by atoms with Crippen LogP contribution in [0.5, 0.6) is 0 Å². The van der Waals surface area contributed by atoms with Crippen molar-refractivity contribution in [2.75, 3.05) is 27.4 Å². The molecule has 1 heterocycles. The van der Waals surface area contributed by atoms with Crippen molar-refractivity contribution in [1.29, 1.82) is 0 Å². The van der Waals surface area contributed by atoms with Crippen LogP contribution in [0.3, 0.4) is 0 Å². The fraction of sp³-hybridized carbons (Fsp3) is 1.00. The van der Waals surface area contributed by atoms with Crippen molar-refractivity contribution >= 4 is 8.80 Å². The fourth-order valence-corrected chi connectivity index (χ4v) is 1.50. The van der Waals surface area contributed by atoms with Crippen LogP contribution in [0.4, 0.5) is 0 Å². The molecule has 1 fully saturated rings. The van der Waals surface area contributed by atoms with Gasteiger partial charge in [-0.25, -0.2) is 0 Å². The van der Waals surface area contributed by atoms with E-state index < -0.39 is 8.80 Å². The summed E-state index contributed by atoms with van der Waals surface area (Å²) in [5.41, 5.74) is 0. The third kappa shape index (κ3) is 2.88. The Bertz CT molecular complexity index is 122. The second kappa shape index (κ2) is 3.64. The standard InChI is InChI=1S/C6H14O4Si/c1-7-11(3,8-2)10-5-6-4-9-6/h6H,4-5H2,1-3H3. The minimum atomic E-state index is -2.30. The van der Waals surface area contributed by atoms with E-state index in [1.165, 1.54) is 0 Å². The Morgan fingerprint density at radius 2 is 2.00 bits per heavy atom. The first-order valence-corrected chi connectivity index (χ1v) is 5.78. The maximum atomic E-state index is 5.42. The summed E-state index contributed by atoms with van der Waals surface area (Å²) in [5.74, 6) is 0. The molecule has 0 spiro atoms. The van der Waals surface area contributed by atoms with E-state index >= 15 is 0 Å². The minimum Gasteiger partial charge on any atom is -0.377 e. The van der Waals surface area contributed by atoms with Crippen molar-refractivity contribution in [3.05, 3.63) is 0 Å². The zero-order valence-electron chi connectivity index (χ0n) is 7.12. The first-order chi connectivity index (χ1) is 5.20. The van der Waals surface area contributed by atoms with Crippen LogP contribution in [0.2, 0.25) is 6.55 Å². The summed E-state index contributed by atoms with van der Waals surface area (Å²) in [6, 6.07) is 0. The van der Waals surface area contributed by atoms with E-state index in [-0.39, 0.29) is 6.10 Å². The van der Waals surface area contributed by atoms with Gasteiger partial charge in [0.15, 0.2) is 0 Å². The first kappa shape index (κ1) is 9.15. The molecule has 0 amide bonds. The maximum absolute atomic E-state index is 5.42. The Morgan fingerprint density at radius 3 is 2.36 bits per heavy atom. The van der Waals surface area contributed by atoms with Gasteiger partial charge in [-0.3, -0.25) is 0 Å². The Balaban J connectivity index is 2.18. The van der Waals surface area contributed by atoms with Crippen LogP contribution in [-0.4, -0.2) is 42.3 Å². The zero-order chi connectivity index (χ0) is 8.32. The topological polar surface area (TPSA) is 40.2 Å². The van der Waals surface area contributed by atoms with Crippen LogP contribution in [-0.2, 0) is 18.0 Å². The number of rotatable bonds is 5. The summed E-state index contributed by atoms with van der Waals surface area (Å²) < 4.78 is 20.6. The van der Waals surface area contributed by atoms with Crippen molar-refractivity contribution in [1.82, 2.24) is 0 Å². The van der Waals surface area contributed by atoms with Crippen LogP contribution < -0.4 is 0 Å². The van der Waals surface area contributed by atoms with E-state index in [4.69, 9.17) is 18.0 Å². The van der Waals surface area contributed by atoms with Crippen molar-refractivity contribution < 1.29 is 18.0 Å². The fourth-order valence-electron chi connectivity index (χ4n) is 0.610. The van der Waals surface area contributed by atoms with E-state index in [2.05, 4.69) is 0 Å². The number of ether oxygens (including phenoxy) is 1. The van der Waals surface area contributed by atoms with Gasteiger partial charge in [0.25, 0.3) is 0 Å². The molecule has 0 N–H and O–H groups in total. The van der Waals surface area contributed by atoms with Gasteiger partial charge in [0.1, 0.15) is 6.10 Å². The van der Waals surface area contributed by atoms with Crippen LogP contribution >= 0.6 is 0 Å². The first-order valence-electron chi connectivity index (χ1n) is 3.56. The lowest BCUT2D eigenvalue weighted by Crippen LogP contribution is -2.41. The van der Waals surface area contributed by atoms with Gasteiger partial charge in [-0.2, -0.15) is 0 Å². The summed E-state index contributed by atoms with van der Waals surface area (Å²) in [6.45, 7) is 3.25. The molecular formula is C6H14O4Si. The molecule has 1 aliphatic rings. The molecular weight excluding hydrogens is 164 g/mol. The molecule has 0 bridgehead atoms. The van der Waals surface area contributed by atoms with Crippen LogP contribution in [0.25, 0.3) is 0 Å². The lowest BCUT2D eigenvalue weighted by molar-refractivity contribution is 0.0975. The van der Waals surface area contributed by atoms with Crippen molar-refractivity contribution in [2.24, 2.45) is 0 Å². The van der Waals surface area contributed by atoms with Gasteiger partial charge in [-0.05, 0) is 0 Å². The number of epoxide rings is 1. The van der Waals surface area contributed by atoms with E-state index in [1.807, 2.05) is 6.55 Å². The van der Waals surface area contributed by atoms with E-state index in [1.54, 1.807) is 14.2 Å². The van der Waals surface area contributed by atoms with E-state index in [0.717, 1.165) is 6.61 Å². The maximum Gasteiger partial charge on any atom is 0.497 e. The van der Waals surface area contributed by atoms with Gasteiger partial charge < -0.3 is 18.0 Å². The van der Waals surface area contributed by atoms with Crippen LogP contribution in [0, 0.1) is 0 Å². The van der Waals surface area contributed by atoms with Gasteiger partial charge in [-0.1, -0.05) is 0 Å². The van der Waals surface area contributed by atoms with Crippen LogP contribution in [0.15, 0.2) is 0 Å². The molecule has 0 aromatic rings. The van der Waals surface area contributed by atoms with Gasteiger partial charge in [0.05, 0.1) is 13.2 Å². The summed E-state index contributed by atoms with van der Waals surface area (Å²) in [5, 5.41) is 0. The second-order valence-corrected chi connectivity index (χ2v) is 5.37. The largest absolute Gasteiger partial charge is 0.497 e. The Hall–Kier alpha value is 0.0569. The predicted molar refractivity (Wildman–Crippen MR) is 41.3 cm³/mol. The Labute approximate surface area is 67.8 Å². The lowest BCUT2D eigenvalue weighted by Gasteiger charge is -2.21. The highest BCUT2D eigenvalue weighted by atomic mass is 28.4. The normalized spacial score (nSPS) is 23.7. The molecule has 0 aromatic heterocycles. The number of hydrogen-bond donors (Lipinski definition) is 0. The molecule has 1 unspecified atom stereocenters. The second-order valence-electron chi connectivity index (χ2n) is 2.54. The Kier molecular flexibility index (Phi) is 3.03. The molecule has 5 heteroatoms. The summed E-state index contributed by atoms with van der Waals surface area (Å²) in [4.78, 5) is 0. The van der Waals surface area contributed by atoms with Gasteiger partial charge >= 0.3 is 8.80 Å². The molecule has 1 atom stereocenters. The molecule has 11 heavy (non-hydrogen) atoms. The number of hydrogen-bond acceptors (Lipinski definition) is 4. The quantitative estimate of drug-likeness (QED) is 0.447. The molecule has 1 saturated heterocycles. The van der Waals surface area contributed by atoms with E-state index in [9.17, 15) is 0 Å². The van der Waals surface area contributed by atoms with Gasteiger partial charge in [0, 0.05) is 20.8 Å². The SMILES string of the molecule is CO[Si](C)(OC)OCC1CO1. The average Bonchev–Trinajstić information content (AvgIpc) is 2.83. The van der Waals surface area contributed by atoms with Crippen molar-refractivity contribution in [2.45, 2.75) is 12.7 Å². The predicted octanol–water partition coefficient (Wildman–Crippen LogP) is 0.263. The Morgan fingerprint density at radius 1 is 1.45 bits per heavy atom. The highest BCUT2D eigenvalue weighted by Crippen LogP contribution is 2.13. The molecule has 4 nitrogen and oxygen atoms in total. The molecule has 0 saturated carbocycles. The molecule has 0 aromatic carbocycles. The monoisotopic (exact) mass is 178 g/mol. The highest BCUT2D eigenvalue weighted by Gasteiger charge is 2.35. The molecule has 66 valence electrons.